The summed E-state index contributed by atoms with van der Waals surface area (Å²) in [5, 5.41) is 2.14. The predicted octanol–water partition coefficient (Wildman–Crippen LogP) is 6.24. The summed E-state index contributed by atoms with van der Waals surface area (Å²) in [6.45, 7) is 4.04. The molecule has 0 saturated carbocycles. The Balaban J connectivity index is 1.67. The van der Waals surface area contributed by atoms with Gasteiger partial charge in [0.05, 0.1) is 17.2 Å². The highest BCUT2D eigenvalue weighted by molar-refractivity contribution is 7.28. The predicted molar refractivity (Wildman–Crippen MR) is 107 cm³/mol. The van der Waals surface area contributed by atoms with Crippen LogP contribution in [0.1, 0.15) is 22.3 Å². The van der Waals surface area contributed by atoms with Gasteiger partial charge in [-0.25, -0.2) is 9.78 Å². The van der Waals surface area contributed by atoms with Crippen LogP contribution < -0.4 is 0 Å². The van der Waals surface area contributed by atoms with Gasteiger partial charge < -0.3 is 4.74 Å². The maximum atomic E-state index is 12.0. The number of carbonyl (C=O) groups excluding carboxylic acids is 1. The number of benzene rings is 1. The number of ether oxygens (including phenoxy) is 1. The average molecular weight is 386 g/mol. The standard InChI is InChI=1S/C19H15NO2S3/c1-3-22-19(21)17-11(2)20-18(25-17)15-9-8-14(24-15)16-10-12-6-4-5-7-13(12)23-16/h4-10H,3H2,1-2H3. The van der Waals surface area contributed by atoms with Crippen molar-refractivity contribution in [3.8, 4) is 19.6 Å². The van der Waals surface area contributed by atoms with Crippen molar-refractivity contribution in [2.24, 2.45) is 0 Å². The molecule has 3 nitrogen and oxygen atoms in total. The molecule has 0 N–H and O–H groups in total. The van der Waals surface area contributed by atoms with Crippen molar-refractivity contribution < 1.29 is 9.53 Å². The first-order chi connectivity index (χ1) is 12.2. The second-order valence-electron chi connectivity index (χ2n) is 5.47. The molecule has 0 spiro atoms. The molecule has 0 fully saturated rings. The van der Waals surface area contributed by atoms with Crippen molar-refractivity contribution >= 4 is 50.1 Å². The topological polar surface area (TPSA) is 39.2 Å². The Bertz CT molecular complexity index is 1020. The van der Waals surface area contributed by atoms with E-state index in [1.54, 1.807) is 22.7 Å². The molecule has 3 heterocycles. The molecule has 0 aliphatic carbocycles. The SMILES string of the molecule is CCOC(=O)c1sc(-c2ccc(-c3cc4ccccc4s3)s2)nc1C. The highest BCUT2D eigenvalue weighted by Gasteiger charge is 2.18. The number of hydrogen-bond donors (Lipinski definition) is 0. The van der Waals surface area contributed by atoms with Gasteiger partial charge in [-0.3, -0.25) is 0 Å². The lowest BCUT2D eigenvalue weighted by molar-refractivity contribution is 0.0531. The Labute approximate surface area is 157 Å². The average Bonchev–Trinajstić information content (AvgIpc) is 3.31. The quantitative estimate of drug-likeness (QED) is 0.390. The third kappa shape index (κ3) is 3.13. The monoisotopic (exact) mass is 385 g/mol. The fourth-order valence-corrected chi connectivity index (χ4v) is 5.74. The number of rotatable bonds is 4. The fourth-order valence-electron chi connectivity index (χ4n) is 2.58. The smallest absolute Gasteiger partial charge is 0.350 e. The molecule has 3 aromatic heterocycles. The zero-order valence-electron chi connectivity index (χ0n) is 13.7. The van der Waals surface area contributed by atoms with Crippen LogP contribution in [0.4, 0.5) is 0 Å². The van der Waals surface area contributed by atoms with Gasteiger partial charge in [0, 0.05) is 14.5 Å². The minimum Gasteiger partial charge on any atom is -0.462 e. The largest absolute Gasteiger partial charge is 0.462 e. The zero-order valence-corrected chi connectivity index (χ0v) is 16.2. The van der Waals surface area contributed by atoms with Crippen LogP contribution in [0.15, 0.2) is 42.5 Å². The minimum absolute atomic E-state index is 0.287. The minimum atomic E-state index is -0.287. The molecular formula is C19H15NO2S3. The molecule has 0 amide bonds. The van der Waals surface area contributed by atoms with Gasteiger partial charge in [-0.1, -0.05) is 18.2 Å². The number of aryl methyl sites for hydroxylation is 1. The second kappa shape index (κ2) is 6.71. The second-order valence-corrected chi connectivity index (χ2v) is 8.63. The number of hydrogen-bond acceptors (Lipinski definition) is 6. The highest BCUT2D eigenvalue weighted by atomic mass is 32.1. The van der Waals surface area contributed by atoms with Crippen molar-refractivity contribution in [3.63, 3.8) is 0 Å². The van der Waals surface area contributed by atoms with E-state index in [0.717, 1.165) is 15.6 Å². The zero-order chi connectivity index (χ0) is 17.4. The van der Waals surface area contributed by atoms with Crippen molar-refractivity contribution in [3.05, 3.63) is 53.0 Å². The molecule has 0 aliphatic heterocycles. The van der Waals surface area contributed by atoms with Crippen LogP contribution in [0.3, 0.4) is 0 Å². The van der Waals surface area contributed by atoms with Crippen LogP contribution in [0, 0.1) is 6.92 Å². The highest BCUT2D eigenvalue weighted by Crippen LogP contribution is 2.41. The van der Waals surface area contributed by atoms with Crippen LogP contribution in [0.5, 0.6) is 0 Å². The van der Waals surface area contributed by atoms with Crippen molar-refractivity contribution in [2.45, 2.75) is 13.8 Å². The van der Waals surface area contributed by atoms with E-state index >= 15 is 0 Å². The number of aromatic nitrogens is 1. The molecule has 4 aromatic rings. The van der Waals surface area contributed by atoms with E-state index < -0.39 is 0 Å². The van der Waals surface area contributed by atoms with Gasteiger partial charge in [-0.05, 0) is 43.5 Å². The molecule has 4 rings (SSSR count). The van der Waals surface area contributed by atoms with Gasteiger partial charge in [0.2, 0.25) is 0 Å². The summed E-state index contributed by atoms with van der Waals surface area (Å²) >= 11 is 4.91. The fraction of sp³-hybridized carbons (Fsp3) is 0.158. The molecule has 126 valence electrons. The van der Waals surface area contributed by atoms with Crippen molar-refractivity contribution in [1.29, 1.82) is 0 Å². The van der Waals surface area contributed by atoms with Gasteiger partial charge in [0.1, 0.15) is 9.88 Å². The van der Waals surface area contributed by atoms with Gasteiger partial charge in [0.15, 0.2) is 0 Å². The van der Waals surface area contributed by atoms with Crippen molar-refractivity contribution in [1.82, 2.24) is 4.98 Å². The maximum absolute atomic E-state index is 12.0. The van der Waals surface area contributed by atoms with Crippen LogP contribution in [-0.2, 0) is 4.74 Å². The van der Waals surface area contributed by atoms with E-state index in [1.165, 1.54) is 31.2 Å². The van der Waals surface area contributed by atoms with Crippen LogP contribution >= 0.6 is 34.0 Å². The van der Waals surface area contributed by atoms with E-state index in [9.17, 15) is 4.79 Å². The summed E-state index contributed by atoms with van der Waals surface area (Å²) in [7, 11) is 0. The van der Waals surface area contributed by atoms with E-state index in [2.05, 4.69) is 47.4 Å². The summed E-state index contributed by atoms with van der Waals surface area (Å²) in [5.41, 5.74) is 0.732. The van der Waals surface area contributed by atoms with Gasteiger partial charge >= 0.3 is 5.97 Å². The molecule has 25 heavy (non-hydrogen) atoms. The summed E-state index contributed by atoms with van der Waals surface area (Å²) in [5.74, 6) is -0.287. The van der Waals surface area contributed by atoms with Gasteiger partial charge in [0.25, 0.3) is 0 Å². The lowest BCUT2D eigenvalue weighted by Crippen LogP contribution is -2.03. The molecule has 1 aromatic carbocycles. The Morgan fingerprint density at radius 1 is 1.04 bits per heavy atom. The number of thiophene rings is 2. The first-order valence-electron chi connectivity index (χ1n) is 7.89. The Morgan fingerprint density at radius 2 is 1.84 bits per heavy atom. The Morgan fingerprint density at radius 3 is 2.64 bits per heavy atom. The first kappa shape index (κ1) is 16.4. The molecule has 0 radical (unpaired) electrons. The third-order valence-corrected chi connectivity index (χ3v) is 7.45. The Kier molecular flexibility index (Phi) is 4.41. The first-order valence-corrected chi connectivity index (χ1v) is 10.3. The Hall–Kier alpha value is -2.02. The number of thiazole rings is 1. The van der Waals surface area contributed by atoms with Crippen LogP contribution in [0.2, 0.25) is 0 Å². The molecule has 0 atom stereocenters. The summed E-state index contributed by atoms with van der Waals surface area (Å²) in [4.78, 5) is 20.7. The number of nitrogens with zero attached hydrogens (tertiary/aromatic N) is 1. The van der Waals surface area contributed by atoms with Crippen molar-refractivity contribution in [2.75, 3.05) is 6.61 Å². The summed E-state index contributed by atoms with van der Waals surface area (Å²) in [6, 6.07) is 14.9. The van der Waals surface area contributed by atoms with E-state index in [0.29, 0.717) is 11.5 Å². The normalized spacial score (nSPS) is 11.1. The van der Waals surface area contributed by atoms with E-state index in [4.69, 9.17) is 4.74 Å². The molecule has 0 unspecified atom stereocenters. The number of carbonyl (C=O) groups is 1. The molecule has 0 bridgehead atoms. The third-order valence-electron chi connectivity index (χ3n) is 3.74. The lowest BCUT2D eigenvalue weighted by Gasteiger charge is -1.97. The van der Waals surface area contributed by atoms with E-state index in [1.807, 2.05) is 13.8 Å². The lowest BCUT2D eigenvalue weighted by atomic mass is 10.2. The van der Waals surface area contributed by atoms with Gasteiger partial charge in [-0.2, -0.15) is 0 Å². The summed E-state index contributed by atoms with van der Waals surface area (Å²) < 4.78 is 6.40. The number of fused-ring (bicyclic) bond motifs is 1. The van der Waals surface area contributed by atoms with E-state index in [-0.39, 0.29) is 5.97 Å². The summed E-state index contributed by atoms with van der Waals surface area (Å²) in [6.07, 6.45) is 0. The number of esters is 1. The van der Waals surface area contributed by atoms with Crippen LogP contribution in [-0.4, -0.2) is 17.6 Å². The maximum Gasteiger partial charge on any atom is 0.350 e. The van der Waals surface area contributed by atoms with Crippen LogP contribution in [0.25, 0.3) is 29.7 Å². The molecular weight excluding hydrogens is 370 g/mol. The molecule has 0 aliphatic rings. The molecule has 0 saturated heterocycles. The van der Waals surface area contributed by atoms with Gasteiger partial charge in [-0.15, -0.1) is 34.0 Å². The molecule has 6 heteroatoms.